The van der Waals surface area contributed by atoms with Crippen LogP contribution in [0.25, 0.3) is 0 Å². The normalized spacial score (nSPS) is 39.1. The second-order valence-corrected chi connectivity index (χ2v) is 16.7. The Morgan fingerprint density at radius 2 is 1.61 bits per heavy atom. The molecule has 306 valence electrons. The number of rotatable bonds is 5. The number of nitrogens with zero attached hydrogens (tertiary/aromatic N) is 1. The molecular weight excluding hydrogens is 692 g/mol. The highest BCUT2D eigenvalue weighted by molar-refractivity contribution is 6.39. The Bertz CT molecular complexity index is 1360. The third kappa shape index (κ3) is 10.7. The van der Waals surface area contributed by atoms with Gasteiger partial charge in [0.25, 0.3) is 11.7 Å². The Morgan fingerprint density at radius 1 is 0.981 bits per heavy atom. The fourth-order valence-electron chi connectivity index (χ4n) is 9.13. The van der Waals surface area contributed by atoms with Gasteiger partial charge in [0.05, 0.1) is 24.4 Å². The van der Waals surface area contributed by atoms with Gasteiger partial charge in [0.15, 0.2) is 0 Å². The van der Waals surface area contributed by atoms with Crippen LogP contribution in [-0.4, -0.2) is 108 Å². The number of Topliss-reactive ketones (excluding diaryl/α,β-unsaturated/α-hetero) is 2. The van der Waals surface area contributed by atoms with Gasteiger partial charge >= 0.3 is 5.97 Å². The lowest BCUT2D eigenvalue weighted by atomic mass is 9.82. The summed E-state index contributed by atoms with van der Waals surface area (Å²) in [6, 6.07) is -2.25. The number of hydrogen-bond donors (Lipinski definition) is 3. The predicted octanol–water partition coefficient (Wildman–Crippen LogP) is 4.96. The van der Waals surface area contributed by atoms with E-state index in [0.29, 0.717) is 37.7 Å². The molecule has 12 nitrogen and oxygen atoms in total. The first kappa shape index (κ1) is 44.2. The summed E-state index contributed by atoms with van der Waals surface area (Å²) in [6.45, 7) is 9.53. The van der Waals surface area contributed by atoms with Crippen LogP contribution in [0, 0.1) is 23.7 Å². The van der Waals surface area contributed by atoms with Gasteiger partial charge < -0.3 is 39.8 Å². The quantitative estimate of drug-likeness (QED) is 0.150. The monoisotopic (exact) mass is 760 g/mol. The molecule has 0 radical (unpaired) electrons. The lowest BCUT2D eigenvalue weighted by molar-refractivity contribution is -0.302. The number of amides is 1. The fourth-order valence-corrected chi connectivity index (χ4v) is 9.13. The van der Waals surface area contributed by atoms with E-state index in [0.717, 1.165) is 44.1 Å². The zero-order valence-electron chi connectivity index (χ0n) is 33.8. The SMILES string of the molecule is CC[C@@H]1/C=C(\C)C[C@H](C)C[C@H](OC)[C@H]2O[C@@](O)(C(=O)C(=O)N3CCCC[C@H]3C(=O)O[C@H](/C(C)=C/C3CCCCCC3)[C@H](N)[C@@H](O)CC1=O)[C@H](C)C[C@@H]2OC. The largest absolute Gasteiger partial charge is 0.455 e. The van der Waals surface area contributed by atoms with Crippen LogP contribution in [0.5, 0.6) is 0 Å². The van der Waals surface area contributed by atoms with E-state index in [9.17, 15) is 29.4 Å². The summed E-state index contributed by atoms with van der Waals surface area (Å²) in [5.74, 6) is -6.54. The molecule has 4 aliphatic rings. The molecule has 0 aromatic heterocycles. The summed E-state index contributed by atoms with van der Waals surface area (Å²) >= 11 is 0. The second kappa shape index (κ2) is 20.1. The number of ketones is 2. The highest BCUT2D eigenvalue weighted by Gasteiger charge is 2.56. The van der Waals surface area contributed by atoms with Gasteiger partial charge in [-0.3, -0.25) is 14.4 Å². The summed E-state index contributed by atoms with van der Waals surface area (Å²) < 4.78 is 24.1. The van der Waals surface area contributed by atoms with Crippen molar-refractivity contribution >= 4 is 23.4 Å². The third-order valence-electron chi connectivity index (χ3n) is 12.4. The molecule has 0 aromatic rings. The third-order valence-corrected chi connectivity index (χ3v) is 12.4. The van der Waals surface area contributed by atoms with Crippen molar-refractivity contribution in [2.75, 3.05) is 20.8 Å². The number of cyclic esters (lactones) is 1. The Kier molecular flexibility index (Phi) is 16.5. The minimum Gasteiger partial charge on any atom is -0.455 e. The van der Waals surface area contributed by atoms with Gasteiger partial charge in [0.2, 0.25) is 5.79 Å². The zero-order valence-corrected chi connectivity index (χ0v) is 33.8. The lowest BCUT2D eigenvalue weighted by Crippen LogP contribution is -2.64. The van der Waals surface area contributed by atoms with E-state index in [1.165, 1.54) is 19.1 Å². The molecular formula is C42H68N2O10. The van der Waals surface area contributed by atoms with E-state index in [4.69, 9.17) is 24.7 Å². The highest BCUT2D eigenvalue weighted by atomic mass is 16.7. The molecule has 11 atom stereocenters. The van der Waals surface area contributed by atoms with Crippen molar-refractivity contribution in [2.24, 2.45) is 29.4 Å². The van der Waals surface area contributed by atoms with Crippen molar-refractivity contribution in [1.29, 1.82) is 0 Å². The molecule has 54 heavy (non-hydrogen) atoms. The van der Waals surface area contributed by atoms with E-state index in [2.05, 4.69) is 13.0 Å². The van der Waals surface area contributed by atoms with Crippen molar-refractivity contribution in [3.63, 3.8) is 0 Å². The Hall–Kier alpha value is -2.48. The predicted molar refractivity (Wildman–Crippen MR) is 204 cm³/mol. The van der Waals surface area contributed by atoms with Crippen LogP contribution in [0.2, 0.25) is 0 Å². The molecule has 0 spiro atoms. The number of esters is 1. The summed E-state index contributed by atoms with van der Waals surface area (Å²) in [5.41, 5.74) is 8.41. The number of hydrogen-bond acceptors (Lipinski definition) is 11. The number of nitrogens with two attached hydrogens (primary N) is 1. The number of fused-ring (bicyclic) bond motifs is 3. The number of ether oxygens (including phenoxy) is 4. The molecule has 0 aromatic carbocycles. The topological polar surface area (TPSA) is 175 Å². The smallest absolute Gasteiger partial charge is 0.329 e. The first-order chi connectivity index (χ1) is 25.6. The van der Waals surface area contributed by atoms with Gasteiger partial charge in [0, 0.05) is 39.0 Å². The van der Waals surface area contributed by atoms with Crippen LogP contribution >= 0.6 is 0 Å². The standard InChI is InChI=1S/C42H68N2O10/c1-8-30-20-25(2)19-26(3)21-34(51-6)38-35(52-7)23-28(5)42(50,54-38)39(47)40(48)44-18-14-13-17-31(44)41(49)53-37(36(43)33(46)24-32(30)45)27(4)22-29-15-11-9-10-12-16-29/h20,22,26,28-31,33-38,46,50H,8-19,21,23-24,43H2,1-7H3/b25-20+,27-22+/t26-,28+,30+,31-,33-,34-,35-,36+,37+,38+,42+/m0/s1. The minimum atomic E-state index is -2.49. The molecule has 2 bridgehead atoms. The van der Waals surface area contributed by atoms with Gasteiger partial charge in [-0.05, 0) is 89.0 Å². The van der Waals surface area contributed by atoms with Crippen LogP contribution in [0.3, 0.4) is 0 Å². The van der Waals surface area contributed by atoms with E-state index in [1.807, 2.05) is 26.8 Å². The van der Waals surface area contributed by atoms with E-state index in [1.54, 1.807) is 6.92 Å². The van der Waals surface area contributed by atoms with Crippen LogP contribution in [0.1, 0.15) is 125 Å². The van der Waals surface area contributed by atoms with Crippen LogP contribution in [-0.2, 0) is 38.1 Å². The van der Waals surface area contributed by atoms with E-state index in [-0.39, 0.29) is 43.4 Å². The fraction of sp³-hybridized carbons (Fsp3) is 0.810. The van der Waals surface area contributed by atoms with Gasteiger partial charge in [-0.1, -0.05) is 64.2 Å². The first-order valence-corrected chi connectivity index (χ1v) is 20.5. The zero-order chi connectivity index (χ0) is 39.7. The summed E-state index contributed by atoms with van der Waals surface area (Å²) in [4.78, 5) is 57.4. The molecule has 1 amide bonds. The number of piperidine rings is 1. The average molecular weight is 761 g/mol. The maximum absolute atomic E-state index is 14.2. The van der Waals surface area contributed by atoms with Gasteiger partial charge in [-0.2, -0.15) is 0 Å². The number of carbonyl (C=O) groups excluding carboxylic acids is 4. The molecule has 4 N–H and O–H groups in total. The Balaban J connectivity index is 1.76. The Morgan fingerprint density at radius 3 is 2.24 bits per heavy atom. The summed E-state index contributed by atoms with van der Waals surface area (Å²) in [5, 5.41) is 23.5. The molecule has 3 aliphatic heterocycles. The highest BCUT2D eigenvalue weighted by Crippen LogP contribution is 2.39. The van der Waals surface area contributed by atoms with E-state index < -0.39 is 77.9 Å². The van der Waals surface area contributed by atoms with Crippen molar-refractivity contribution < 1.29 is 48.3 Å². The first-order valence-electron chi connectivity index (χ1n) is 20.5. The minimum absolute atomic E-state index is 0.0408. The van der Waals surface area contributed by atoms with Gasteiger partial charge in [0.1, 0.15) is 24.0 Å². The maximum atomic E-state index is 14.2. The van der Waals surface area contributed by atoms with Crippen molar-refractivity contribution in [3.05, 3.63) is 23.3 Å². The Labute approximate surface area is 322 Å². The number of carbonyl (C=O) groups is 4. The van der Waals surface area contributed by atoms with Crippen molar-refractivity contribution in [1.82, 2.24) is 4.90 Å². The molecule has 3 heterocycles. The number of methoxy groups -OCH3 is 2. The van der Waals surface area contributed by atoms with Crippen molar-refractivity contribution in [3.8, 4) is 0 Å². The average Bonchev–Trinajstić information content (AvgIpc) is 3.42. The summed E-state index contributed by atoms with van der Waals surface area (Å²) in [6.07, 6.45) is 9.19. The van der Waals surface area contributed by atoms with Gasteiger partial charge in [-0.25, -0.2) is 4.79 Å². The molecule has 12 heteroatoms. The number of allylic oxidation sites excluding steroid dienone is 3. The summed E-state index contributed by atoms with van der Waals surface area (Å²) in [7, 11) is 3.07. The molecule has 1 saturated carbocycles. The molecule has 4 rings (SSSR count). The van der Waals surface area contributed by atoms with Crippen LogP contribution in [0.4, 0.5) is 0 Å². The second-order valence-electron chi connectivity index (χ2n) is 16.7. The van der Waals surface area contributed by atoms with Crippen LogP contribution < -0.4 is 5.73 Å². The van der Waals surface area contributed by atoms with E-state index >= 15 is 0 Å². The number of aliphatic hydroxyl groups excluding tert-OH is 1. The number of aliphatic hydroxyl groups is 2. The van der Waals surface area contributed by atoms with Crippen LogP contribution in [0.15, 0.2) is 23.3 Å². The molecule has 0 unspecified atom stereocenters. The molecule has 2 saturated heterocycles. The van der Waals surface area contributed by atoms with Crippen molar-refractivity contribution in [2.45, 2.75) is 173 Å². The molecule has 1 aliphatic carbocycles. The lowest BCUT2D eigenvalue weighted by Gasteiger charge is -2.47. The molecule has 3 fully saturated rings. The maximum Gasteiger partial charge on any atom is 0.329 e. The van der Waals surface area contributed by atoms with Gasteiger partial charge in [-0.15, -0.1) is 0 Å².